The molecule has 0 aliphatic heterocycles. The van der Waals surface area contributed by atoms with Gasteiger partial charge in [0.1, 0.15) is 30.0 Å². The molecule has 6 nitrogen and oxygen atoms in total. The van der Waals surface area contributed by atoms with Crippen LogP contribution in [-0.4, -0.2) is 30.6 Å². The summed E-state index contributed by atoms with van der Waals surface area (Å²) in [5, 5.41) is 6.48. The number of nitrogens with one attached hydrogen (secondary N) is 2. The number of ether oxygens (including phenoxy) is 2. The predicted molar refractivity (Wildman–Crippen MR) is 120 cm³/mol. The number of pyridine rings is 1. The maximum atomic E-state index is 13.3. The zero-order chi connectivity index (χ0) is 21.9. The molecule has 0 bridgehead atoms. The molecular formula is C24H27FN4O2. The number of aliphatic imine (C=N–C) groups is 1. The van der Waals surface area contributed by atoms with E-state index in [-0.39, 0.29) is 11.9 Å². The van der Waals surface area contributed by atoms with Gasteiger partial charge in [-0.1, -0.05) is 24.3 Å². The molecular weight excluding hydrogens is 395 g/mol. The predicted octanol–water partition coefficient (Wildman–Crippen LogP) is 3.93. The Morgan fingerprint density at radius 1 is 1.03 bits per heavy atom. The maximum Gasteiger partial charge on any atom is 0.191 e. The summed E-state index contributed by atoms with van der Waals surface area (Å²) in [6.07, 6.45) is 1.60. The molecule has 0 fully saturated rings. The quantitative estimate of drug-likeness (QED) is 0.404. The lowest BCUT2D eigenvalue weighted by Crippen LogP contribution is -2.41. The molecule has 0 aliphatic rings. The molecule has 1 aromatic heterocycles. The van der Waals surface area contributed by atoms with Crippen molar-refractivity contribution in [3.8, 4) is 11.5 Å². The number of benzene rings is 2. The Labute approximate surface area is 182 Å². The van der Waals surface area contributed by atoms with E-state index in [9.17, 15) is 4.39 Å². The molecule has 1 unspecified atom stereocenters. The van der Waals surface area contributed by atoms with E-state index in [1.54, 1.807) is 25.4 Å². The molecule has 7 heteroatoms. The fourth-order valence-corrected chi connectivity index (χ4v) is 2.81. The van der Waals surface area contributed by atoms with Crippen molar-refractivity contribution in [1.29, 1.82) is 0 Å². The van der Waals surface area contributed by atoms with Crippen LogP contribution in [0.15, 0.2) is 77.9 Å². The molecule has 1 atom stereocenters. The minimum Gasteiger partial charge on any atom is -0.489 e. The summed E-state index contributed by atoms with van der Waals surface area (Å²) in [6, 6.07) is 19.7. The van der Waals surface area contributed by atoms with E-state index in [2.05, 4.69) is 20.6 Å². The van der Waals surface area contributed by atoms with Crippen LogP contribution < -0.4 is 20.1 Å². The number of rotatable bonds is 9. The first kappa shape index (κ1) is 22.1. The van der Waals surface area contributed by atoms with Crippen molar-refractivity contribution in [2.75, 3.05) is 13.6 Å². The first-order valence-electron chi connectivity index (χ1n) is 10.1. The van der Waals surface area contributed by atoms with Gasteiger partial charge in [-0.3, -0.25) is 9.98 Å². The van der Waals surface area contributed by atoms with E-state index >= 15 is 0 Å². The Balaban J connectivity index is 1.40. The number of aromatic nitrogens is 1. The van der Waals surface area contributed by atoms with Crippen molar-refractivity contribution in [3.05, 3.63) is 90.0 Å². The average Bonchev–Trinajstić information content (AvgIpc) is 2.79. The first-order chi connectivity index (χ1) is 15.1. The van der Waals surface area contributed by atoms with Gasteiger partial charge >= 0.3 is 0 Å². The first-order valence-corrected chi connectivity index (χ1v) is 10.1. The molecule has 3 rings (SSSR count). The van der Waals surface area contributed by atoms with E-state index < -0.39 is 0 Å². The van der Waals surface area contributed by atoms with Crippen molar-refractivity contribution in [1.82, 2.24) is 15.6 Å². The SMILES string of the molecule is CN=C(NCc1ccc(OCc2ccccn2)cc1)NCC(C)Oc1cccc(F)c1. The minimum absolute atomic E-state index is 0.157. The zero-order valence-electron chi connectivity index (χ0n) is 17.7. The van der Waals surface area contributed by atoms with Crippen LogP contribution in [0.25, 0.3) is 0 Å². The highest BCUT2D eigenvalue weighted by Crippen LogP contribution is 2.14. The van der Waals surface area contributed by atoms with Crippen LogP contribution in [0, 0.1) is 5.82 Å². The molecule has 0 aliphatic carbocycles. The summed E-state index contributed by atoms with van der Waals surface area (Å²) < 4.78 is 24.7. The minimum atomic E-state index is -0.316. The fourth-order valence-electron chi connectivity index (χ4n) is 2.81. The van der Waals surface area contributed by atoms with Crippen LogP contribution in [0.2, 0.25) is 0 Å². The topological polar surface area (TPSA) is 67.8 Å². The van der Waals surface area contributed by atoms with Crippen molar-refractivity contribution in [2.24, 2.45) is 4.99 Å². The van der Waals surface area contributed by atoms with Crippen LogP contribution in [0.4, 0.5) is 4.39 Å². The standard InChI is InChI=1S/C24H27FN4O2/c1-18(31-23-8-5-6-20(25)14-23)15-28-24(26-2)29-16-19-9-11-22(12-10-19)30-17-21-7-3-4-13-27-21/h3-14,18H,15-17H2,1-2H3,(H2,26,28,29). The van der Waals surface area contributed by atoms with Crippen molar-refractivity contribution in [2.45, 2.75) is 26.2 Å². The van der Waals surface area contributed by atoms with Crippen LogP contribution in [0.5, 0.6) is 11.5 Å². The van der Waals surface area contributed by atoms with Crippen LogP contribution in [0.3, 0.4) is 0 Å². The van der Waals surface area contributed by atoms with Gasteiger partial charge in [-0.15, -0.1) is 0 Å². The van der Waals surface area contributed by atoms with E-state index in [0.29, 0.717) is 31.4 Å². The second-order valence-electron chi connectivity index (χ2n) is 6.95. The molecule has 2 aromatic carbocycles. The van der Waals surface area contributed by atoms with Gasteiger partial charge in [0, 0.05) is 25.9 Å². The van der Waals surface area contributed by atoms with Crippen molar-refractivity contribution >= 4 is 5.96 Å². The second kappa shape index (κ2) is 11.5. The van der Waals surface area contributed by atoms with E-state index in [1.165, 1.54) is 12.1 Å². The smallest absolute Gasteiger partial charge is 0.191 e. The van der Waals surface area contributed by atoms with Gasteiger partial charge < -0.3 is 20.1 Å². The van der Waals surface area contributed by atoms with Crippen LogP contribution >= 0.6 is 0 Å². The summed E-state index contributed by atoms with van der Waals surface area (Å²) in [6.45, 7) is 3.48. The summed E-state index contributed by atoms with van der Waals surface area (Å²) >= 11 is 0. The van der Waals surface area contributed by atoms with Gasteiger partial charge in [-0.05, 0) is 48.9 Å². The summed E-state index contributed by atoms with van der Waals surface area (Å²) in [7, 11) is 1.71. The van der Waals surface area contributed by atoms with Gasteiger partial charge in [-0.2, -0.15) is 0 Å². The number of hydrogen-bond donors (Lipinski definition) is 2. The highest BCUT2D eigenvalue weighted by molar-refractivity contribution is 5.79. The Hall–Kier alpha value is -3.61. The third kappa shape index (κ3) is 7.62. The zero-order valence-corrected chi connectivity index (χ0v) is 17.7. The highest BCUT2D eigenvalue weighted by atomic mass is 19.1. The lowest BCUT2D eigenvalue weighted by molar-refractivity contribution is 0.223. The van der Waals surface area contributed by atoms with Crippen LogP contribution in [-0.2, 0) is 13.2 Å². The lowest BCUT2D eigenvalue weighted by atomic mass is 10.2. The third-order valence-corrected chi connectivity index (χ3v) is 4.41. The molecule has 1 heterocycles. The summed E-state index contributed by atoms with van der Waals surface area (Å²) in [5.41, 5.74) is 1.98. The molecule has 0 amide bonds. The van der Waals surface area contributed by atoms with E-state index in [0.717, 1.165) is 17.0 Å². The molecule has 0 saturated heterocycles. The van der Waals surface area contributed by atoms with Gasteiger partial charge in [0.15, 0.2) is 5.96 Å². The molecule has 0 radical (unpaired) electrons. The van der Waals surface area contributed by atoms with Crippen molar-refractivity contribution in [3.63, 3.8) is 0 Å². The number of halogens is 1. The Morgan fingerprint density at radius 3 is 2.58 bits per heavy atom. The largest absolute Gasteiger partial charge is 0.489 e. The Morgan fingerprint density at radius 2 is 1.87 bits per heavy atom. The van der Waals surface area contributed by atoms with Gasteiger partial charge in [0.25, 0.3) is 0 Å². The number of nitrogens with zero attached hydrogens (tertiary/aromatic N) is 2. The summed E-state index contributed by atoms with van der Waals surface area (Å²) in [4.78, 5) is 8.47. The van der Waals surface area contributed by atoms with Gasteiger partial charge in [-0.25, -0.2) is 4.39 Å². The molecule has 0 saturated carbocycles. The normalized spacial score (nSPS) is 12.2. The Bertz CT molecular complexity index is 965. The lowest BCUT2D eigenvalue weighted by Gasteiger charge is -2.18. The van der Waals surface area contributed by atoms with Gasteiger partial charge in [0.05, 0.1) is 12.2 Å². The Kier molecular flexibility index (Phi) is 8.22. The molecule has 3 aromatic rings. The second-order valence-corrected chi connectivity index (χ2v) is 6.95. The van der Waals surface area contributed by atoms with Gasteiger partial charge in [0.2, 0.25) is 0 Å². The van der Waals surface area contributed by atoms with Crippen molar-refractivity contribution < 1.29 is 13.9 Å². The maximum absolute atomic E-state index is 13.3. The van der Waals surface area contributed by atoms with E-state index in [4.69, 9.17) is 9.47 Å². The molecule has 0 spiro atoms. The molecule has 162 valence electrons. The summed E-state index contributed by atoms with van der Waals surface area (Å²) in [5.74, 6) is 1.64. The highest BCUT2D eigenvalue weighted by Gasteiger charge is 2.07. The molecule has 2 N–H and O–H groups in total. The number of guanidine groups is 1. The molecule has 31 heavy (non-hydrogen) atoms. The monoisotopic (exact) mass is 422 g/mol. The fraction of sp³-hybridized carbons (Fsp3) is 0.250. The number of hydrogen-bond acceptors (Lipinski definition) is 4. The van der Waals surface area contributed by atoms with Crippen LogP contribution in [0.1, 0.15) is 18.2 Å². The third-order valence-electron chi connectivity index (χ3n) is 4.41. The average molecular weight is 423 g/mol. The van der Waals surface area contributed by atoms with E-state index in [1.807, 2.05) is 49.4 Å².